The van der Waals surface area contributed by atoms with E-state index < -0.39 is 29.7 Å². The number of ether oxygens (including phenoxy) is 3. The standard InChI is InChI=1S/C30H43N3O6/c1-6-22(2)26(28(35)38-20-24-15-11-8-12-16-24)33-27(34)25(21-37-19-23-13-9-7-10-14-23)31-17-18-32-29(36)39-30(3,4)5/h7-16,22,25-26,31H,6,17-21H2,1-5H3,(H,32,36)(H,33,34)/t22-,25-,26-/m0/s1. The molecule has 0 unspecified atom stereocenters. The first-order valence-corrected chi connectivity index (χ1v) is 13.4. The van der Waals surface area contributed by atoms with Gasteiger partial charge >= 0.3 is 12.1 Å². The second-order valence-corrected chi connectivity index (χ2v) is 10.4. The largest absolute Gasteiger partial charge is 0.459 e. The van der Waals surface area contributed by atoms with E-state index in [1.807, 2.05) is 74.5 Å². The monoisotopic (exact) mass is 541 g/mol. The van der Waals surface area contributed by atoms with E-state index in [1.54, 1.807) is 20.8 Å². The molecule has 2 amide bonds. The molecule has 3 atom stereocenters. The molecule has 9 heteroatoms. The molecule has 2 aromatic rings. The molecule has 39 heavy (non-hydrogen) atoms. The smallest absolute Gasteiger partial charge is 0.407 e. The molecular formula is C30H43N3O6. The van der Waals surface area contributed by atoms with Gasteiger partial charge in [0.1, 0.15) is 24.3 Å². The zero-order valence-corrected chi connectivity index (χ0v) is 23.7. The number of carbonyl (C=O) groups excluding carboxylic acids is 3. The van der Waals surface area contributed by atoms with Gasteiger partial charge in [0.2, 0.25) is 5.91 Å². The molecule has 0 aliphatic rings. The van der Waals surface area contributed by atoms with Gasteiger partial charge in [-0.15, -0.1) is 0 Å². The van der Waals surface area contributed by atoms with Crippen LogP contribution in [0.25, 0.3) is 0 Å². The second-order valence-electron chi connectivity index (χ2n) is 10.4. The highest BCUT2D eigenvalue weighted by Gasteiger charge is 2.30. The maximum Gasteiger partial charge on any atom is 0.407 e. The molecule has 3 N–H and O–H groups in total. The molecule has 0 bridgehead atoms. The zero-order chi connectivity index (χ0) is 28.7. The minimum Gasteiger partial charge on any atom is -0.459 e. The second kappa shape index (κ2) is 16.5. The summed E-state index contributed by atoms with van der Waals surface area (Å²) in [6, 6.07) is 17.5. The van der Waals surface area contributed by atoms with Crippen LogP contribution in [0.1, 0.15) is 52.2 Å². The molecule has 2 rings (SSSR count). The van der Waals surface area contributed by atoms with Gasteiger partial charge in [0.15, 0.2) is 0 Å². The number of hydrogen-bond acceptors (Lipinski definition) is 7. The van der Waals surface area contributed by atoms with Crippen molar-refractivity contribution in [2.24, 2.45) is 5.92 Å². The third-order valence-electron chi connectivity index (χ3n) is 5.89. The summed E-state index contributed by atoms with van der Waals surface area (Å²) >= 11 is 0. The summed E-state index contributed by atoms with van der Waals surface area (Å²) in [5.41, 5.74) is 1.24. The number of carbonyl (C=O) groups is 3. The van der Waals surface area contributed by atoms with Crippen LogP contribution in [-0.2, 0) is 37.0 Å². The predicted molar refractivity (Wildman–Crippen MR) is 150 cm³/mol. The lowest BCUT2D eigenvalue weighted by molar-refractivity contribution is -0.151. The average Bonchev–Trinajstić information content (AvgIpc) is 2.91. The molecule has 0 radical (unpaired) electrons. The van der Waals surface area contributed by atoms with Crippen LogP contribution < -0.4 is 16.0 Å². The first-order valence-electron chi connectivity index (χ1n) is 13.4. The van der Waals surface area contributed by atoms with E-state index >= 15 is 0 Å². The molecule has 0 aliphatic heterocycles. The van der Waals surface area contributed by atoms with Gasteiger partial charge in [0.25, 0.3) is 0 Å². The Bertz CT molecular complexity index is 1010. The topological polar surface area (TPSA) is 115 Å². The summed E-state index contributed by atoms with van der Waals surface area (Å²) in [5, 5.41) is 8.65. The number of esters is 1. The van der Waals surface area contributed by atoms with Crippen molar-refractivity contribution in [3.63, 3.8) is 0 Å². The van der Waals surface area contributed by atoms with Gasteiger partial charge in [0, 0.05) is 13.1 Å². The van der Waals surface area contributed by atoms with Crippen LogP contribution in [-0.4, -0.2) is 55.4 Å². The van der Waals surface area contributed by atoms with Gasteiger partial charge < -0.3 is 30.2 Å². The van der Waals surface area contributed by atoms with Crippen LogP contribution in [0.5, 0.6) is 0 Å². The molecule has 9 nitrogen and oxygen atoms in total. The van der Waals surface area contributed by atoms with Gasteiger partial charge in [-0.2, -0.15) is 0 Å². The summed E-state index contributed by atoms with van der Waals surface area (Å²) in [5.74, 6) is -1.02. The summed E-state index contributed by atoms with van der Waals surface area (Å²) in [6.45, 7) is 10.3. The summed E-state index contributed by atoms with van der Waals surface area (Å²) < 4.78 is 16.6. The van der Waals surface area contributed by atoms with E-state index in [-0.39, 0.29) is 31.6 Å². The molecule has 0 heterocycles. The van der Waals surface area contributed by atoms with Crippen molar-refractivity contribution >= 4 is 18.0 Å². The van der Waals surface area contributed by atoms with Crippen LogP contribution in [0.15, 0.2) is 60.7 Å². The van der Waals surface area contributed by atoms with E-state index in [2.05, 4.69) is 16.0 Å². The SMILES string of the molecule is CC[C@H](C)[C@H](NC(=O)[C@H](COCc1ccccc1)NCCNC(=O)OC(C)(C)C)C(=O)OCc1ccccc1. The lowest BCUT2D eigenvalue weighted by atomic mass is 9.99. The Morgan fingerprint density at radius 3 is 2.03 bits per heavy atom. The Kier molecular flexibility index (Phi) is 13.5. The zero-order valence-electron chi connectivity index (χ0n) is 23.7. The van der Waals surface area contributed by atoms with Crippen LogP contribution >= 0.6 is 0 Å². The van der Waals surface area contributed by atoms with E-state index in [1.165, 1.54) is 0 Å². The Labute approximate surface area is 232 Å². The van der Waals surface area contributed by atoms with Gasteiger partial charge in [-0.1, -0.05) is 80.9 Å². The van der Waals surface area contributed by atoms with Crippen molar-refractivity contribution < 1.29 is 28.6 Å². The first-order chi connectivity index (χ1) is 18.6. The molecule has 0 spiro atoms. The normalized spacial score (nSPS) is 13.6. The van der Waals surface area contributed by atoms with Crippen LogP contribution in [0, 0.1) is 5.92 Å². The highest BCUT2D eigenvalue weighted by Crippen LogP contribution is 2.12. The van der Waals surface area contributed by atoms with E-state index in [4.69, 9.17) is 14.2 Å². The maximum absolute atomic E-state index is 13.3. The van der Waals surface area contributed by atoms with Crippen molar-refractivity contribution in [1.82, 2.24) is 16.0 Å². The minimum absolute atomic E-state index is 0.0689. The van der Waals surface area contributed by atoms with Crippen LogP contribution in [0.3, 0.4) is 0 Å². The molecule has 2 aromatic carbocycles. The van der Waals surface area contributed by atoms with E-state index in [0.29, 0.717) is 19.6 Å². The Hall–Kier alpha value is -3.43. The number of benzene rings is 2. The fourth-order valence-corrected chi connectivity index (χ4v) is 3.56. The van der Waals surface area contributed by atoms with E-state index in [9.17, 15) is 14.4 Å². The van der Waals surface area contributed by atoms with Gasteiger partial charge in [-0.3, -0.25) is 4.79 Å². The van der Waals surface area contributed by atoms with E-state index in [0.717, 1.165) is 11.1 Å². The molecule has 0 fully saturated rings. The highest BCUT2D eigenvalue weighted by molar-refractivity contribution is 5.87. The number of hydrogen-bond donors (Lipinski definition) is 3. The number of nitrogens with one attached hydrogen (secondary N) is 3. The lowest BCUT2D eigenvalue weighted by Gasteiger charge is -2.26. The fourth-order valence-electron chi connectivity index (χ4n) is 3.56. The lowest BCUT2D eigenvalue weighted by Crippen LogP contribution is -2.55. The quantitative estimate of drug-likeness (QED) is 0.231. The van der Waals surface area contributed by atoms with Crippen molar-refractivity contribution in [2.45, 2.75) is 71.9 Å². The van der Waals surface area contributed by atoms with Crippen molar-refractivity contribution in [3.8, 4) is 0 Å². The highest BCUT2D eigenvalue weighted by atomic mass is 16.6. The Balaban J connectivity index is 2.00. The third-order valence-corrected chi connectivity index (χ3v) is 5.89. The number of alkyl carbamates (subject to hydrolysis) is 1. The molecule has 0 aliphatic carbocycles. The number of amides is 2. The third kappa shape index (κ3) is 12.8. The predicted octanol–water partition coefficient (Wildman–Crippen LogP) is 3.96. The van der Waals surface area contributed by atoms with Gasteiger partial charge in [-0.05, 0) is 37.8 Å². The minimum atomic E-state index is -0.815. The average molecular weight is 542 g/mol. The number of rotatable bonds is 15. The summed E-state index contributed by atoms with van der Waals surface area (Å²) in [7, 11) is 0. The summed E-state index contributed by atoms with van der Waals surface area (Å²) in [4.78, 5) is 38.3. The molecule has 214 valence electrons. The van der Waals surface area contributed by atoms with Crippen LogP contribution in [0.2, 0.25) is 0 Å². The first kappa shape index (κ1) is 31.8. The Morgan fingerprint density at radius 1 is 0.872 bits per heavy atom. The van der Waals surface area contributed by atoms with Crippen molar-refractivity contribution in [3.05, 3.63) is 71.8 Å². The van der Waals surface area contributed by atoms with Gasteiger partial charge in [-0.25, -0.2) is 9.59 Å². The molecule has 0 aromatic heterocycles. The van der Waals surface area contributed by atoms with Crippen LogP contribution in [0.4, 0.5) is 4.79 Å². The summed E-state index contributed by atoms with van der Waals surface area (Å²) in [6.07, 6.45) is 0.136. The molecule has 0 saturated heterocycles. The maximum atomic E-state index is 13.3. The van der Waals surface area contributed by atoms with Crippen molar-refractivity contribution in [1.29, 1.82) is 0 Å². The Morgan fingerprint density at radius 2 is 1.46 bits per heavy atom. The molecule has 0 saturated carbocycles. The van der Waals surface area contributed by atoms with Crippen molar-refractivity contribution in [2.75, 3.05) is 19.7 Å². The fraction of sp³-hybridized carbons (Fsp3) is 0.500. The molecular weight excluding hydrogens is 498 g/mol. The van der Waals surface area contributed by atoms with Gasteiger partial charge in [0.05, 0.1) is 13.2 Å².